The number of aryl methyl sites for hydroxylation is 2. The molecule has 5 nitrogen and oxygen atoms in total. The van der Waals surface area contributed by atoms with E-state index in [-0.39, 0.29) is 24.0 Å². The number of fused-ring (bicyclic) bond motifs is 1. The lowest BCUT2D eigenvalue weighted by Crippen LogP contribution is -2.31. The topological polar surface area (TPSA) is 72.5 Å². The van der Waals surface area contributed by atoms with E-state index < -0.39 is 0 Å². The first-order valence-corrected chi connectivity index (χ1v) is 8.39. The Morgan fingerprint density at radius 3 is 2.84 bits per heavy atom. The molecular formula is C19H25IN4O. The number of guanidine groups is 1. The molecule has 1 heterocycles. The molecule has 1 aliphatic rings. The summed E-state index contributed by atoms with van der Waals surface area (Å²) in [7, 11) is 1.66. The summed E-state index contributed by atoms with van der Waals surface area (Å²) in [4.78, 5) is 9.12. The minimum Gasteiger partial charge on any atom is -0.496 e. The third kappa shape index (κ3) is 5.32. The summed E-state index contributed by atoms with van der Waals surface area (Å²) in [5.41, 5.74) is 10.6. The summed E-state index contributed by atoms with van der Waals surface area (Å²) < 4.78 is 5.32. The number of aliphatic imine (C=N–C) groups is 1. The normalized spacial score (nSPS) is 13.6. The van der Waals surface area contributed by atoms with Crippen LogP contribution < -0.4 is 15.8 Å². The van der Waals surface area contributed by atoms with Gasteiger partial charge < -0.3 is 15.8 Å². The molecule has 25 heavy (non-hydrogen) atoms. The highest BCUT2D eigenvalue weighted by atomic mass is 127. The van der Waals surface area contributed by atoms with Crippen molar-refractivity contribution < 1.29 is 4.74 Å². The Balaban J connectivity index is 0.00000225. The zero-order chi connectivity index (χ0) is 16.8. The molecule has 134 valence electrons. The molecule has 3 rings (SSSR count). The molecule has 0 spiro atoms. The SMILES string of the molecule is COc1ccccc1CN=C(N)NCc1ccc2c(n1)CCCC2.I. The third-order valence-electron chi connectivity index (χ3n) is 4.30. The number of ether oxygens (including phenoxy) is 1. The minimum atomic E-state index is 0. The van der Waals surface area contributed by atoms with Crippen molar-refractivity contribution in [1.29, 1.82) is 0 Å². The molecule has 0 aliphatic heterocycles. The van der Waals surface area contributed by atoms with Gasteiger partial charge in [0.2, 0.25) is 0 Å². The number of hydrogen-bond donors (Lipinski definition) is 2. The van der Waals surface area contributed by atoms with E-state index >= 15 is 0 Å². The largest absolute Gasteiger partial charge is 0.496 e. The molecule has 0 atom stereocenters. The standard InChI is InChI=1S/C19H24N4O.HI/c1-24-18-9-5-3-7-15(18)12-21-19(20)22-13-16-11-10-14-6-2-4-8-17(14)23-16;/h3,5,7,9-11H,2,4,6,8,12-13H2,1H3,(H3,20,21,22);1H. The molecule has 6 heteroatoms. The highest BCUT2D eigenvalue weighted by Gasteiger charge is 2.10. The van der Waals surface area contributed by atoms with Crippen molar-refractivity contribution in [2.75, 3.05) is 7.11 Å². The van der Waals surface area contributed by atoms with Crippen LogP contribution in [0.25, 0.3) is 0 Å². The number of nitrogens with one attached hydrogen (secondary N) is 1. The lowest BCUT2D eigenvalue weighted by atomic mass is 9.96. The van der Waals surface area contributed by atoms with Crippen LogP contribution in [0, 0.1) is 0 Å². The summed E-state index contributed by atoms with van der Waals surface area (Å²) in [5.74, 6) is 1.24. The molecule has 0 saturated carbocycles. The number of nitrogens with zero attached hydrogens (tertiary/aromatic N) is 2. The number of rotatable bonds is 5. The van der Waals surface area contributed by atoms with Crippen LogP contribution in [0.3, 0.4) is 0 Å². The first-order valence-electron chi connectivity index (χ1n) is 8.39. The predicted octanol–water partition coefficient (Wildman–Crippen LogP) is 3.19. The van der Waals surface area contributed by atoms with Crippen molar-refractivity contribution in [2.24, 2.45) is 10.7 Å². The van der Waals surface area contributed by atoms with Crippen molar-refractivity contribution in [3.8, 4) is 5.75 Å². The summed E-state index contributed by atoms with van der Waals surface area (Å²) in [6, 6.07) is 12.1. The second-order valence-corrected chi connectivity index (χ2v) is 5.98. The Morgan fingerprint density at radius 1 is 1.20 bits per heavy atom. The zero-order valence-electron chi connectivity index (χ0n) is 14.5. The molecule has 0 fully saturated rings. The number of benzene rings is 1. The number of methoxy groups -OCH3 is 1. The number of pyridine rings is 1. The van der Waals surface area contributed by atoms with Gasteiger partial charge >= 0.3 is 0 Å². The number of aromatic nitrogens is 1. The highest BCUT2D eigenvalue weighted by Crippen LogP contribution is 2.19. The van der Waals surface area contributed by atoms with Gasteiger partial charge in [-0.2, -0.15) is 0 Å². The van der Waals surface area contributed by atoms with Gasteiger partial charge in [0.05, 0.1) is 25.9 Å². The summed E-state index contributed by atoms with van der Waals surface area (Å²) in [6.45, 7) is 1.08. The monoisotopic (exact) mass is 452 g/mol. The molecule has 3 N–H and O–H groups in total. The molecule has 2 aromatic rings. The van der Waals surface area contributed by atoms with E-state index in [2.05, 4.69) is 22.4 Å². The van der Waals surface area contributed by atoms with Gasteiger partial charge in [-0.15, -0.1) is 24.0 Å². The molecule has 1 aliphatic carbocycles. The molecular weight excluding hydrogens is 427 g/mol. The van der Waals surface area contributed by atoms with Crippen LogP contribution in [0.5, 0.6) is 5.75 Å². The second-order valence-electron chi connectivity index (χ2n) is 5.98. The van der Waals surface area contributed by atoms with Crippen LogP contribution in [0.15, 0.2) is 41.4 Å². The van der Waals surface area contributed by atoms with Crippen LogP contribution in [-0.2, 0) is 25.9 Å². The van der Waals surface area contributed by atoms with E-state index in [1.807, 2.05) is 24.3 Å². The molecule has 0 radical (unpaired) electrons. The molecule has 1 aromatic heterocycles. The third-order valence-corrected chi connectivity index (χ3v) is 4.30. The average Bonchev–Trinajstić information content (AvgIpc) is 2.64. The molecule has 0 saturated heterocycles. The van der Waals surface area contributed by atoms with Gasteiger partial charge in [-0.1, -0.05) is 24.3 Å². The van der Waals surface area contributed by atoms with E-state index in [1.165, 1.54) is 24.1 Å². The maximum absolute atomic E-state index is 5.97. The van der Waals surface area contributed by atoms with Crippen LogP contribution in [0.2, 0.25) is 0 Å². The summed E-state index contributed by atoms with van der Waals surface area (Å²) in [5, 5.41) is 3.14. The van der Waals surface area contributed by atoms with Gasteiger partial charge in [0, 0.05) is 11.3 Å². The molecule has 0 bridgehead atoms. The van der Waals surface area contributed by atoms with Gasteiger partial charge in [0.1, 0.15) is 5.75 Å². The van der Waals surface area contributed by atoms with Crippen LogP contribution >= 0.6 is 24.0 Å². The number of halogens is 1. The van der Waals surface area contributed by atoms with E-state index in [0.29, 0.717) is 19.0 Å². The van der Waals surface area contributed by atoms with Crippen LogP contribution in [0.4, 0.5) is 0 Å². The minimum absolute atomic E-state index is 0. The Bertz CT molecular complexity index is 733. The van der Waals surface area contributed by atoms with E-state index in [9.17, 15) is 0 Å². The molecule has 0 amide bonds. The number of para-hydroxylation sites is 1. The fourth-order valence-electron chi connectivity index (χ4n) is 2.97. The fourth-order valence-corrected chi connectivity index (χ4v) is 2.97. The predicted molar refractivity (Wildman–Crippen MR) is 111 cm³/mol. The number of nitrogens with two attached hydrogens (primary N) is 1. The van der Waals surface area contributed by atoms with E-state index in [1.54, 1.807) is 7.11 Å². The van der Waals surface area contributed by atoms with Gasteiger partial charge in [-0.3, -0.25) is 4.98 Å². The Morgan fingerprint density at radius 2 is 2.00 bits per heavy atom. The molecule has 1 aromatic carbocycles. The van der Waals surface area contributed by atoms with Gasteiger partial charge in [-0.05, 0) is 43.4 Å². The van der Waals surface area contributed by atoms with Crippen LogP contribution in [0.1, 0.15) is 35.4 Å². The Labute approximate surface area is 166 Å². The van der Waals surface area contributed by atoms with Crippen molar-refractivity contribution >= 4 is 29.9 Å². The highest BCUT2D eigenvalue weighted by molar-refractivity contribution is 14.0. The summed E-state index contributed by atoms with van der Waals surface area (Å²) >= 11 is 0. The molecule has 0 unspecified atom stereocenters. The van der Waals surface area contributed by atoms with Crippen molar-refractivity contribution in [2.45, 2.75) is 38.8 Å². The van der Waals surface area contributed by atoms with Gasteiger partial charge in [0.15, 0.2) is 5.96 Å². The summed E-state index contributed by atoms with van der Waals surface area (Å²) in [6.07, 6.45) is 4.74. The second kappa shape index (κ2) is 9.60. The van der Waals surface area contributed by atoms with Gasteiger partial charge in [-0.25, -0.2) is 4.99 Å². The first-order chi connectivity index (χ1) is 11.8. The first kappa shape index (κ1) is 19.5. The van der Waals surface area contributed by atoms with Crippen molar-refractivity contribution in [1.82, 2.24) is 10.3 Å². The quantitative estimate of drug-likeness (QED) is 0.415. The zero-order valence-corrected chi connectivity index (χ0v) is 16.8. The van der Waals surface area contributed by atoms with Gasteiger partial charge in [0.25, 0.3) is 0 Å². The van der Waals surface area contributed by atoms with Crippen LogP contribution in [-0.4, -0.2) is 18.1 Å². The maximum atomic E-state index is 5.97. The average molecular weight is 452 g/mol. The Kier molecular flexibility index (Phi) is 7.49. The smallest absolute Gasteiger partial charge is 0.189 e. The lowest BCUT2D eigenvalue weighted by molar-refractivity contribution is 0.410. The number of hydrogen-bond acceptors (Lipinski definition) is 3. The lowest BCUT2D eigenvalue weighted by Gasteiger charge is -2.15. The Hall–Kier alpha value is -1.83. The van der Waals surface area contributed by atoms with E-state index in [4.69, 9.17) is 15.5 Å². The maximum Gasteiger partial charge on any atom is 0.189 e. The van der Waals surface area contributed by atoms with Crippen molar-refractivity contribution in [3.63, 3.8) is 0 Å². The van der Waals surface area contributed by atoms with E-state index in [0.717, 1.165) is 29.8 Å². The van der Waals surface area contributed by atoms with Crippen molar-refractivity contribution in [3.05, 3.63) is 58.9 Å². The fraction of sp³-hybridized carbons (Fsp3) is 0.368.